The van der Waals surface area contributed by atoms with E-state index in [0.717, 1.165) is 0 Å². The molecule has 0 N–H and O–H groups in total. The van der Waals surface area contributed by atoms with Gasteiger partial charge < -0.3 is 18.9 Å². The monoisotopic (exact) mass is 380 g/mol. The number of hydrogen-bond donors (Lipinski definition) is 0. The first-order valence-corrected chi connectivity index (χ1v) is 9.75. The van der Waals surface area contributed by atoms with Crippen molar-refractivity contribution in [2.75, 3.05) is 6.61 Å². The van der Waals surface area contributed by atoms with E-state index in [4.69, 9.17) is 18.9 Å². The molecule has 0 aromatic rings. The van der Waals surface area contributed by atoms with Gasteiger partial charge in [-0.2, -0.15) is 0 Å². The first-order chi connectivity index (χ1) is 12.6. The van der Waals surface area contributed by atoms with Crippen molar-refractivity contribution in [1.82, 2.24) is 0 Å². The molecule has 4 fully saturated rings. The molecular formula is C20H28O7. The molecule has 1 spiro atoms. The van der Waals surface area contributed by atoms with Crippen molar-refractivity contribution < 1.29 is 33.3 Å². The van der Waals surface area contributed by atoms with E-state index >= 15 is 0 Å². The summed E-state index contributed by atoms with van der Waals surface area (Å²) >= 11 is 0. The molecule has 7 atom stereocenters. The van der Waals surface area contributed by atoms with E-state index in [9.17, 15) is 14.4 Å². The number of ether oxygens (including phenoxy) is 4. The quantitative estimate of drug-likeness (QED) is 0.420. The highest BCUT2D eigenvalue weighted by Gasteiger charge is 2.78. The van der Waals surface area contributed by atoms with E-state index in [0.29, 0.717) is 32.3 Å². The van der Waals surface area contributed by atoms with E-state index < -0.39 is 23.2 Å². The number of esters is 2. The lowest BCUT2D eigenvalue weighted by molar-refractivity contribution is -0.165. The Bertz CT molecular complexity index is 668. The SMILES string of the molecule is C[C@H]1CC(CC23COC4OC(=O)CC42[C@H](C(C)(C)C)CC3OC=O)OC1=O. The number of carbonyl (C=O) groups is 3. The highest BCUT2D eigenvalue weighted by atomic mass is 16.7. The topological polar surface area (TPSA) is 88.1 Å². The van der Waals surface area contributed by atoms with Gasteiger partial charge in [0.1, 0.15) is 12.2 Å². The van der Waals surface area contributed by atoms with Crippen LogP contribution in [0.1, 0.15) is 53.4 Å². The standard InChI is InChI=1S/C20H28O7/c1-11-5-12(26-16(11)23)7-19-9-24-17-20(19,8-15(22)27-17)13(18(2,3)4)6-14(19)25-10-21/h10-14,17H,5-9H2,1-4H3/t11-,12?,13-,14?,17?,19?,20?/m0/s1. The Morgan fingerprint density at radius 3 is 2.56 bits per heavy atom. The third-order valence-electron chi connectivity index (χ3n) is 7.36. The fourth-order valence-corrected chi connectivity index (χ4v) is 6.33. The van der Waals surface area contributed by atoms with Gasteiger partial charge in [0.05, 0.1) is 24.4 Å². The van der Waals surface area contributed by atoms with Crippen LogP contribution in [0, 0.1) is 28.1 Å². The Kier molecular flexibility index (Phi) is 4.11. The molecule has 3 saturated heterocycles. The minimum Gasteiger partial charge on any atom is -0.464 e. The van der Waals surface area contributed by atoms with E-state index in [1.165, 1.54) is 0 Å². The van der Waals surface area contributed by atoms with Crippen LogP contribution in [-0.4, -0.2) is 43.5 Å². The molecule has 0 aromatic heterocycles. The third kappa shape index (κ3) is 2.46. The third-order valence-corrected chi connectivity index (χ3v) is 7.36. The van der Waals surface area contributed by atoms with Crippen LogP contribution in [-0.2, 0) is 33.3 Å². The largest absolute Gasteiger partial charge is 0.464 e. The zero-order chi connectivity index (χ0) is 19.6. The molecule has 5 unspecified atom stereocenters. The Morgan fingerprint density at radius 1 is 1.22 bits per heavy atom. The van der Waals surface area contributed by atoms with Crippen LogP contribution in [0.15, 0.2) is 0 Å². The van der Waals surface area contributed by atoms with Crippen LogP contribution < -0.4 is 0 Å². The number of rotatable bonds is 4. The van der Waals surface area contributed by atoms with Crippen LogP contribution in [0.3, 0.4) is 0 Å². The summed E-state index contributed by atoms with van der Waals surface area (Å²) in [5, 5.41) is 0. The zero-order valence-electron chi connectivity index (χ0n) is 16.4. The van der Waals surface area contributed by atoms with Gasteiger partial charge in [-0.15, -0.1) is 0 Å². The van der Waals surface area contributed by atoms with E-state index in [2.05, 4.69) is 20.8 Å². The summed E-state index contributed by atoms with van der Waals surface area (Å²) < 4.78 is 22.7. The van der Waals surface area contributed by atoms with Crippen LogP contribution in [0.25, 0.3) is 0 Å². The summed E-state index contributed by atoms with van der Waals surface area (Å²) in [4.78, 5) is 35.6. The minimum atomic E-state index is -0.635. The van der Waals surface area contributed by atoms with Gasteiger partial charge in [0.2, 0.25) is 6.29 Å². The Balaban J connectivity index is 1.78. The van der Waals surface area contributed by atoms with Gasteiger partial charge in [0, 0.05) is 5.41 Å². The molecule has 3 heterocycles. The second-order valence-corrected chi connectivity index (χ2v) is 9.78. The van der Waals surface area contributed by atoms with Gasteiger partial charge in [0.15, 0.2) is 0 Å². The van der Waals surface area contributed by atoms with Gasteiger partial charge in [-0.3, -0.25) is 14.4 Å². The molecule has 4 rings (SSSR count). The normalized spacial score (nSPS) is 46.0. The average molecular weight is 380 g/mol. The van der Waals surface area contributed by atoms with Crippen LogP contribution in [0.4, 0.5) is 0 Å². The number of carbonyl (C=O) groups excluding carboxylic acids is 3. The molecule has 4 aliphatic rings. The highest BCUT2D eigenvalue weighted by Crippen LogP contribution is 2.72. The fraction of sp³-hybridized carbons (Fsp3) is 0.850. The predicted molar refractivity (Wildman–Crippen MR) is 92.1 cm³/mol. The van der Waals surface area contributed by atoms with E-state index in [1.54, 1.807) is 0 Å². The van der Waals surface area contributed by atoms with Crippen LogP contribution >= 0.6 is 0 Å². The smallest absolute Gasteiger partial charge is 0.309 e. The molecule has 0 radical (unpaired) electrons. The second kappa shape index (κ2) is 5.93. The minimum absolute atomic E-state index is 0.0726. The van der Waals surface area contributed by atoms with E-state index in [-0.39, 0.29) is 41.7 Å². The summed E-state index contributed by atoms with van der Waals surface area (Å²) in [6, 6.07) is 0. The summed E-state index contributed by atoms with van der Waals surface area (Å²) in [5.74, 6) is -0.546. The zero-order valence-corrected chi connectivity index (χ0v) is 16.4. The maximum absolute atomic E-state index is 12.3. The summed E-state index contributed by atoms with van der Waals surface area (Å²) in [7, 11) is 0. The molecule has 1 aliphatic carbocycles. The molecule has 7 nitrogen and oxygen atoms in total. The lowest BCUT2D eigenvalue weighted by atomic mass is 9.55. The molecule has 27 heavy (non-hydrogen) atoms. The summed E-state index contributed by atoms with van der Waals surface area (Å²) in [5.41, 5.74) is -1.31. The lowest BCUT2D eigenvalue weighted by Gasteiger charge is -2.45. The summed E-state index contributed by atoms with van der Waals surface area (Å²) in [6.07, 6.45) is 0.741. The first-order valence-electron chi connectivity index (χ1n) is 9.75. The molecule has 0 aromatic carbocycles. The molecule has 0 bridgehead atoms. The van der Waals surface area contributed by atoms with Crippen LogP contribution in [0.2, 0.25) is 0 Å². The van der Waals surface area contributed by atoms with Crippen molar-refractivity contribution in [3.63, 3.8) is 0 Å². The van der Waals surface area contributed by atoms with Gasteiger partial charge in [-0.25, -0.2) is 0 Å². The maximum atomic E-state index is 12.3. The second-order valence-electron chi connectivity index (χ2n) is 9.78. The lowest BCUT2D eigenvalue weighted by Crippen LogP contribution is -2.50. The Hall–Kier alpha value is -1.63. The van der Waals surface area contributed by atoms with Gasteiger partial charge in [-0.1, -0.05) is 27.7 Å². The van der Waals surface area contributed by atoms with Crippen molar-refractivity contribution in [2.45, 2.75) is 71.9 Å². The Labute approximate surface area is 159 Å². The van der Waals surface area contributed by atoms with E-state index in [1.807, 2.05) is 6.92 Å². The fourth-order valence-electron chi connectivity index (χ4n) is 6.33. The Morgan fingerprint density at radius 2 is 1.96 bits per heavy atom. The average Bonchev–Trinajstić information content (AvgIpc) is 3.20. The van der Waals surface area contributed by atoms with Gasteiger partial charge >= 0.3 is 11.9 Å². The number of cyclic esters (lactones) is 1. The highest BCUT2D eigenvalue weighted by molar-refractivity contribution is 5.75. The molecule has 7 heteroatoms. The van der Waals surface area contributed by atoms with Gasteiger partial charge in [0.25, 0.3) is 6.47 Å². The summed E-state index contributed by atoms with van der Waals surface area (Å²) in [6.45, 7) is 9.08. The van der Waals surface area contributed by atoms with Crippen molar-refractivity contribution in [3.8, 4) is 0 Å². The molecule has 0 amide bonds. The first kappa shape index (κ1) is 18.7. The van der Waals surface area contributed by atoms with Crippen molar-refractivity contribution in [1.29, 1.82) is 0 Å². The molecular weight excluding hydrogens is 352 g/mol. The van der Waals surface area contributed by atoms with Crippen molar-refractivity contribution in [2.24, 2.45) is 28.1 Å². The maximum Gasteiger partial charge on any atom is 0.309 e. The van der Waals surface area contributed by atoms with Gasteiger partial charge in [-0.05, 0) is 30.6 Å². The number of hydrogen-bond acceptors (Lipinski definition) is 7. The van der Waals surface area contributed by atoms with Crippen molar-refractivity contribution in [3.05, 3.63) is 0 Å². The van der Waals surface area contributed by atoms with Crippen LogP contribution in [0.5, 0.6) is 0 Å². The predicted octanol–water partition coefficient (Wildman–Crippen LogP) is 2.21. The molecule has 3 aliphatic heterocycles. The molecule has 150 valence electrons. The molecule has 1 saturated carbocycles. The van der Waals surface area contributed by atoms with Crippen molar-refractivity contribution >= 4 is 18.4 Å².